The average molecular weight is 303 g/mol. The van der Waals surface area contributed by atoms with Crippen LogP contribution in [0.3, 0.4) is 0 Å². The van der Waals surface area contributed by atoms with E-state index in [2.05, 4.69) is 10.0 Å². The summed E-state index contributed by atoms with van der Waals surface area (Å²) in [5.41, 5.74) is 1.43. The van der Waals surface area contributed by atoms with Crippen LogP contribution in [0, 0.1) is 6.92 Å². The highest BCUT2D eigenvalue weighted by molar-refractivity contribution is 7.92. The Labute approximate surface area is 119 Å². The van der Waals surface area contributed by atoms with Crippen molar-refractivity contribution in [2.45, 2.75) is 32.2 Å². The summed E-state index contributed by atoms with van der Waals surface area (Å²) in [6, 6.07) is 5.33. The molecule has 1 atom stereocenters. The van der Waals surface area contributed by atoms with Crippen LogP contribution in [0.1, 0.15) is 24.8 Å². The fourth-order valence-corrected chi connectivity index (χ4v) is 3.88. The van der Waals surface area contributed by atoms with E-state index in [-0.39, 0.29) is 11.8 Å². The Morgan fingerprint density at radius 2 is 2.21 bits per heavy atom. The van der Waals surface area contributed by atoms with E-state index in [9.17, 15) is 8.42 Å². The Morgan fingerprint density at radius 1 is 1.42 bits per heavy atom. The molecule has 1 saturated heterocycles. The van der Waals surface area contributed by atoms with Gasteiger partial charge in [0.1, 0.15) is 0 Å². The maximum atomic E-state index is 12.1. The lowest BCUT2D eigenvalue weighted by Gasteiger charge is -2.23. The van der Waals surface area contributed by atoms with Crippen molar-refractivity contribution in [3.05, 3.63) is 28.8 Å². The summed E-state index contributed by atoms with van der Waals surface area (Å²) in [5, 5.41) is 3.66. The van der Waals surface area contributed by atoms with Crippen LogP contribution in [0.15, 0.2) is 18.2 Å². The molecule has 2 N–H and O–H groups in total. The molecule has 6 heteroatoms. The van der Waals surface area contributed by atoms with Gasteiger partial charge in [-0.1, -0.05) is 24.1 Å². The summed E-state index contributed by atoms with van der Waals surface area (Å²) in [6.07, 6.45) is 3.11. The van der Waals surface area contributed by atoms with Gasteiger partial charge in [-0.15, -0.1) is 0 Å². The number of halogens is 1. The molecule has 0 spiro atoms. The Balaban J connectivity index is 2.05. The third kappa shape index (κ3) is 4.37. The number of benzene rings is 1. The van der Waals surface area contributed by atoms with Crippen LogP contribution < -0.4 is 10.0 Å². The first-order valence-corrected chi connectivity index (χ1v) is 8.49. The van der Waals surface area contributed by atoms with E-state index < -0.39 is 10.0 Å². The second kappa shape index (κ2) is 6.11. The van der Waals surface area contributed by atoms with Crippen molar-refractivity contribution in [2.24, 2.45) is 0 Å². The number of anilines is 1. The zero-order valence-electron chi connectivity index (χ0n) is 10.9. The molecule has 1 heterocycles. The van der Waals surface area contributed by atoms with Gasteiger partial charge in [0.15, 0.2) is 0 Å². The van der Waals surface area contributed by atoms with E-state index in [0.717, 1.165) is 31.4 Å². The summed E-state index contributed by atoms with van der Waals surface area (Å²) in [6.45, 7) is 2.79. The van der Waals surface area contributed by atoms with E-state index in [0.29, 0.717) is 10.7 Å². The van der Waals surface area contributed by atoms with Gasteiger partial charge < -0.3 is 5.32 Å². The van der Waals surface area contributed by atoms with Crippen molar-refractivity contribution in [2.75, 3.05) is 17.0 Å². The predicted molar refractivity (Wildman–Crippen MR) is 79.2 cm³/mol. The van der Waals surface area contributed by atoms with Crippen LogP contribution in [0.5, 0.6) is 0 Å². The first-order valence-electron chi connectivity index (χ1n) is 6.46. The van der Waals surface area contributed by atoms with E-state index in [1.54, 1.807) is 12.1 Å². The lowest BCUT2D eigenvalue weighted by molar-refractivity contribution is 0.424. The van der Waals surface area contributed by atoms with Gasteiger partial charge in [-0.2, -0.15) is 0 Å². The molecule has 1 fully saturated rings. The minimum atomic E-state index is -3.37. The molecule has 1 aliphatic rings. The van der Waals surface area contributed by atoms with E-state index in [1.807, 2.05) is 13.0 Å². The monoisotopic (exact) mass is 302 g/mol. The summed E-state index contributed by atoms with van der Waals surface area (Å²) in [7, 11) is -3.37. The number of rotatable bonds is 4. The van der Waals surface area contributed by atoms with Gasteiger partial charge in [0.05, 0.1) is 16.5 Å². The van der Waals surface area contributed by atoms with Crippen molar-refractivity contribution in [1.82, 2.24) is 5.32 Å². The fourth-order valence-electron chi connectivity index (χ4n) is 2.26. The first kappa shape index (κ1) is 14.6. The summed E-state index contributed by atoms with van der Waals surface area (Å²) in [4.78, 5) is 0. The molecule has 0 aliphatic carbocycles. The van der Waals surface area contributed by atoms with Crippen LogP contribution >= 0.6 is 11.6 Å². The third-order valence-corrected chi connectivity index (χ3v) is 4.92. The maximum absolute atomic E-state index is 12.1. The normalized spacial score (nSPS) is 20.2. The molecule has 1 aromatic carbocycles. The molecule has 0 amide bonds. The van der Waals surface area contributed by atoms with Crippen molar-refractivity contribution in [3.63, 3.8) is 0 Å². The second-order valence-electron chi connectivity index (χ2n) is 5.01. The van der Waals surface area contributed by atoms with Crippen LogP contribution in [0.2, 0.25) is 5.02 Å². The van der Waals surface area contributed by atoms with Crippen molar-refractivity contribution in [1.29, 1.82) is 0 Å². The second-order valence-corrected chi connectivity index (χ2v) is 7.19. The van der Waals surface area contributed by atoms with Gasteiger partial charge in [-0.3, -0.25) is 4.72 Å². The van der Waals surface area contributed by atoms with Crippen molar-refractivity contribution in [3.8, 4) is 0 Å². The van der Waals surface area contributed by atoms with Gasteiger partial charge in [0.2, 0.25) is 10.0 Å². The Hall–Kier alpha value is -0.780. The van der Waals surface area contributed by atoms with Gasteiger partial charge in [-0.05, 0) is 44.0 Å². The molecular formula is C13H19ClN2O2S. The number of hydrogen-bond donors (Lipinski definition) is 2. The van der Waals surface area contributed by atoms with Crippen LogP contribution in [-0.2, 0) is 10.0 Å². The van der Waals surface area contributed by atoms with Crippen LogP contribution in [0.4, 0.5) is 5.69 Å². The number of hydrogen-bond acceptors (Lipinski definition) is 3. The van der Waals surface area contributed by atoms with Gasteiger partial charge in [0, 0.05) is 6.04 Å². The highest BCUT2D eigenvalue weighted by atomic mass is 35.5. The van der Waals surface area contributed by atoms with E-state index in [4.69, 9.17) is 11.6 Å². The molecular weight excluding hydrogens is 284 g/mol. The zero-order valence-corrected chi connectivity index (χ0v) is 12.5. The van der Waals surface area contributed by atoms with Gasteiger partial charge >= 0.3 is 0 Å². The highest BCUT2D eigenvalue weighted by Gasteiger charge is 2.21. The van der Waals surface area contributed by atoms with Gasteiger partial charge in [0.25, 0.3) is 0 Å². The molecule has 2 rings (SSSR count). The molecule has 4 nitrogen and oxygen atoms in total. The van der Waals surface area contributed by atoms with Crippen LogP contribution in [-0.4, -0.2) is 26.8 Å². The van der Waals surface area contributed by atoms with Gasteiger partial charge in [-0.25, -0.2) is 8.42 Å². The molecule has 0 radical (unpaired) electrons. The third-order valence-electron chi connectivity index (χ3n) is 3.22. The zero-order chi connectivity index (χ0) is 13.9. The minimum Gasteiger partial charge on any atom is -0.313 e. The Morgan fingerprint density at radius 3 is 2.89 bits per heavy atom. The number of nitrogens with one attached hydrogen (secondary N) is 2. The Kier molecular flexibility index (Phi) is 4.71. The lowest BCUT2D eigenvalue weighted by atomic mass is 10.1. The molecule has 106 valence electrons. The highest BCUT2D eigenvalue weighted by Crippen LogP contribution is 2.24. The number of aryl methyl sites for hydroxylation is 1. The summed E-state index contributed by atoms with van der Waals surface area (Å²) < 4.78 is 26.8. The molecule has 1 aromatic rings. The molecule has 0 saturated carbocycles. The van der Waals surface area contributed by atoms with Crippen molar-refractivity contribution >= 4 is 27.3 Å². The average Bonchev–Trinajstić information content (AvgIpc) is 2.34. The standard InChI is InChI=1S/C13H19ClN2O2S/c1-10-5-6-12(14)13(8-10)16-19(17,18)9-11-4-2-3-7-15-11/h5-6,8,11,15-16H,2-4,7,9H2,1H3. The molecule has 0 bridgehead atoms. The minimum absolute atomic E-state index is 0.0369. The number of sulfonamides is 1. The SMILES string of the molecule is Cc1ccc(Cl)c(NS(=O)(=O)CC2CCCCN2)c1. The molecule has 1 aliphatic heterocycles. The number of piperidine rings is 1. The molecule has 19 heavy (non-hydrogen) atoms. The molecule has 0 aromatic heterocycles. The molecule has 1 unspecified atom stereocenters. The van der Waals surface area contributed by atoms with E-state index >= 15 is 0 Å². The first-order chi connectivity index (χ1) is 8.96. The maximum Gasteiger partial charge on any atom is 0.234 e. The lowest BCUT2D eigenvalue weighted by Crippen LogP contribution is -2.40. The Bertz CT molecular complexity index is 540. The fraction of sp³-hybridized carbons (Fsp3) is 0.538. The predicted octanol–water partition coefficient (Wildman–Crippen LogP) is 2.53. The smallest absolute Gasteiger partial charge is 0.234 e. The quantitative estimate of drug-likeness (QED) is 0.898. The van der Waals surface area contributed by atoms with Crippen molar-refractivity contribution < 1.29 is 8.42 Å². The summed E-state index contributed by atoms with van der Waals surface area (Å²) in [5.74, 6) is 0.0945. The largest absolute Gasteiger partial charge is 0.313 e. The van der Waals surface area contributed by atoms with E-state index in [1.165, 1.54) is 0 Å². The summed E-state index contributed by atoms with van der Waals surface area (Å²) >= 11 is 6.00. The topological polar surface area (TPSA) is 58.2 Å². The van der Waals surface area contributed by atoms with Crippen LogP contribution in [0.25, 0.3) is 0 Å².